The number of hydrogen-bond donors (Lipinski definition) is 1. The fourth-order valence-electron chi connectivity index (χ4n) is 2.30. The molecule has 5 heteroatoms. The van der Waals surface area contributed by atoms with Crippen molar-refractivity contribution in [1.29, 1.82) is 0 Å². The minimum atomic E-state index is -0.853. The summed E-state index contributed by atoms with van der Waals surface area (Å²) in [4.78, 5) is 25.5. The third-order valence-corrected chi connectivity index (χ3v) is 3.20. The lowest BCUT2D eigenvalue weighted by Gasteiger charge is -2.35. The number of nitrogens with one attached hydrogen (secondary N) is 1. The van der Waals surface area contributed by atoms with Gasteiger partial charge in [0.25, 0.3) is 0 Å². The molecule has 0 radical (unpaired) electrons. The maximum absolute atomic E-state index is 13.9. The molecule has 4 nitrogen and oxygen atoms in total. The first-order valence-corrected chi connectivity index (χ1v) is 6.46. The lowest BCUT2D eigenvalue weighted by molar-refractivity contribution is -0.143. The lowest BCUT2D eigenvalue weighted by atomic mass is 10.0. The molecule has 1 heterocycles. The Balaban J connectivity index is 2.34. The van der Waals surface area contributed by atoms with E-state index in [0.717, 1.165) is 0 Å². The van der Waals surface area contributed by atoms with Gasteiger partial charge in [-0.15, -0.1) is 0 Å². The second-order valence-corrected chi connectivity index (χ2v) is 4.55. The van der Waals surface area contributed by atoms with Crippen molar-refractivity contribution in [2.24, 2.45) is 0 Å². The van der Waals surface area contributed by atoms with Crippen LogP contribution in [0.15, 0.2) is 24.3 Å². The van der Waals surface area contributed by atoms with Crippen LogP contribution in [-0.4, -0.2) is 29.8 Å². The van der Waals surface area contributed by atoms with Crippen molar-refractivity contribution in [3.05, 3.63) is 35.6 Å². The second kappa shape index (κ2) is 5.82. The van der Waals surface area contributed by atoms with Gasteiger partial charge < -0.3 is 10.2 Å². The molecule has 0 aliphatic carbocycles. The van der Waals surface area contributed by atoms with Gasteiger partial charge in [-0.1, -0.05) is 25.1 Å². The molecule has 0 bridgehead atoms. The molecular formula is C14H17FN2O2. The molecule has 19 heavy (non-hydrogen) atoms. The Kier molecular flexibility index (Phi) is 4.14. The number of carbonyl (C=O) groups excluding carboxylic acids is 2. The summed E-state index contributed by atoms with van der Waals surface area (Å²) < 4.78 is 13.9. The Hall–Kier alpha value is -1.91. The van der Waals surface area contributed by atoms with E-state index >= 15 is 0 Å². The smallest absolute Gasteiger partial charge is 0.247 e. The first-order valence-electron chi connectivity index (χ1n) is 6.46. The summed E-state index contributed by atoms with van der Waals surface area (Å²) in [6.07, 6.45) is 1.08. The summed E-state index contributed by atoms with van der Waals surface area (Å²) in [5.74, 6) is -0.884. The van der Waals surface area contributed by atoms with Gasteiger partial charge in [-0.3, -0.25) is 9.59 Å². The van der Waals surface area contributed by atoms with Crippen LogP contribution in [0.25, 0.3) is 0 Å². The molecule has 1 N–H and O–H groups in total. The van der Waals surface area contributed by atoms with Crippen LogP contribution in [0.2, 0.25) is 0 Å². The molecule has 1 aliphatic heterocycles. The van der Waals surface area contributed by atoms with E-state index in [0.29, 0.717) is 25.9 Å². The van der Waals surface area contributed by atoms with E-state index in [9.17, 15) is 14.0 Å². The van der Waals surface area contributed by atoms with E-state index in [1.807, 2.05) is 6.92 Å². The van der Waals surface area contributed by atoms with Crippen LogP contribution >= 0.6 is 0 Å². The van der Waals surface area contributed by atoms with Gasteiger partial charge in [0.05, 0.1) is 0 Å². The van der Waals surface area contributed by atoms with Crippen molar-refractivity contribution in [3.8, 4) is 0 Å². The summed E-state index contributed by atoms with van der Waals surface area (Å²) in [6.45, 7) is 2.74. The highest BCUT2D eigenvalue weighted by molar-refractivity contribution is 5.89. The predicted molar refractivity (Wildman–Crippen MR) is 68.8 cm³/mol. The minimum absolute atomic E-state index is 0.106. The van der Waals surface area contributed by atoms with E-state index in [4.69, 9.17) is 0 Å². The monoisotopic (exact) mass is 264 g/mol. The minimum Gasteiger partial charge on any atom is -0.352 e. The maximum atomic E-state index is 13.9. The van der Waals surface area contributed by atoms with Crippen LogP contribution in [0.1, 0.15) is 31.4 Å². The van der Waals surface area contributed by atoms with E-state index in [1.165, 1.54) is 11.0 Å². The van der Waals surface area contributed by atoms with Crippen molar-refractivity contribution in [3.63, 3.8) is 0 Å². The van der Waals surface area contributed by atoms with Gasteiger partial charge in [0.1, 0.15) is 11.9 Å². The first-order chi connectivity index (χ1) is 9.15. The summed E-state index contributed by atoms with van der Waals surface area (Å²) >= 11 is 0. The quantitative estimate of drug-likeness (QED) is 0.902. The van der Waals surface area contributed by atoms with Gasteiger partial charge in [-0.2, -0.15) is 0 Å². The normalized spacial score (nSPS) is 19.2. The molecule has 1 aromatic rings. The molecule has 1 atom stereocenters. The van der Waals surface area contributed by atoms with Gasteiger partial charge >= 0.3 is 0 Å². The van der Waals surface area contributed by atoms with Crippen molar-refractivity contribution in [2.45, 2.75) is 25.8 Å². The van der Waals surface area contributed by atoms with Crippen molar-refractivity contribution >= 4 is 11.8 Å². The molecule has 102 valence electrons. The SMILES string of the molecule is CCCC(=O)N1CCNC(=O)C1c1ccccc1F. The standard InChI is InChI=1S/C14H17FN2O2/c1-2-5-12(18)17-9-8-16-14(19)13(17)10-6-3-4-7-11(10)15/h3-4,6-7,13H,2,5,8-9H2,1H3,(H,16,19). The molecule has 0 aromatic heterocycles. The van der Waals surface area contributed by atoms with E-state index in [1.54, 1.807) is 18.2 Å². The number of amides is 2. The number of nitrogens with zero attached hydrogens (tertiary/aromatic N) is 1. The molecule has 0 saturated carbocycles. The highest BCUT2D eigenvalue weighted by atomic mass is 19.1. The fraction of sp³-hybridized carbons (Fsp3) is 0.429. The number of piperazine rings is 1. The average molecular weight is 264 g/mol. The largest absolute Gasteiger partial charge is 0.352 e. The molecule has 1 aliphatic rings. The van der Waals surface area contributed by atoms with E-state index in [-0.39, 0.29) is 17.4 Å². The zero-order chi connectivity index (χ0) is 13.8. The lowest BCUT2D eigenvalue weighted by Crippen LogP contribution is -2.52. The molecule has 0 spiro atoms. The Morgan fingerprint density at radius 2 is 2.21 bits per heavy atom. The summed E-state index contributed by atoms with van der Waals surface area (Å²) in [5.41, 5.74) is 0.254. The van der Waals surface area contributed by atoms with Gasteiger partial charge in [-0.05, 0) is 12.5 Å². The second-order valence-electron chi connectivity index (χ2n) is 4.55. The van der Waals surface area contributed by atoms with Gasteiger partial charge in [-0.25, -0.2) is 4.39 Å². The zero-order valence-electron chi connectivity index (χ0n) is 10.9. The Bertz CT molecular complexity index is 490. The third kappa shape index (κ3) is 2.75. The number of carbonyl (C=O) groups is 2. The number of halogens is 1. The van der Waals surface area contributed by atoms with Crippen LogP contribution in [0.3, 0.4) is 0 Å². The fourth-order valence-corrected chi connectivity index (χ4v) is 2.30. The predicted octanol–water partition coefficient (Wildman–Crippen LogP) is 1.63. The Labute approximate surface area is 111 Å². The molecule has 1 aromatic carbocycles. The Morgan fingerprint density at radius 3 is 2.89 bits per heavy atom. The summed E-state index contributed by atoms with van der Waals surface area (Å²) in [6, 6.07) is 5.24. The highest BCUT2D eigenvalue weighted by Crippen LogP contribution is 2.26. The zero-order valence-corrected chi connectivity index (χ0v) is 10.9. The number of rotatable bonds is 3. The molecular weight excluding hydrogens is 247 g/mol. The van der Waals surface area contributed by atoms with Crippen molar-refractivity contribution < 1.29 is 14.0 Å². The van der Waals surface area contributed by atoms with Gasteiger partial charge in [0.2, 0.25) is 11.8 Å². The highest BCUT2D eigenvalue weighted by Gasteiger charge is 2.35. The molecule has 1 saturated heterocycles. The Morgan fingerprint density at radius 1 is 1.47 bits per heavy atom. The summed E-state index contributed by atoms with van der Waals surface area (Å²) in [5, 5.41) is 2.69. The van der Waals surface area contributed by atoms with Crippen molar-refractivity contribution in [2.75, 3.05) is 13.1 Å². The van der Waals surface area contributed by atoms with E-state index in [2.05, 4.69) is 5.32 Å². The van der Waals surface area contributed by atoms with Crippen LogP contribution < -0.4 is 5.32 Å². The average Bonchev–Trinajstić information content (AvgIpc) is 2.40. The first kappa shape index (κ1) is 13.5. The molecule has 1 unspecified atom stereocenters. The molecule has 1 fully saturated rings. The molecule has 2 rings (SSSR count). The number of benzene rings is 1. The topological polar surface area (TPSA) is 49.4 Å². The van der Waals surface area contributed by atoms with Crippen LogP contribution in [0, 0.1) is 5.82 Å². The van der Waals surface area contributed by atoms with Crippen LogP contribution in [-0.2, 0) is 9.59 Å². The van der Waals surface area contributed by atoms with Crippen molar-refractivity contribution in [1.82, 2.24) is 10.2 Å². The number of hydrogen-bond acceptors (Lipinski definition) is 2. The van der Waals surface area contributed by atoms with Crippen LogP contribution in [0.4, 0.5) is 4.39 Å². The maximum Gasteiger partial charge on any atom is 0.247 e. The van der Waals surface area contributed by atoms with Gasteiger partial charge in [0.15, 0.2) is 0 Å². The van der Waals surface area contributed by atoms with E-state index < -0.39 is 11.9 Å². The summed E-state index contributed by atoms with van der Waals surface area (Å²) in [7, 11) is 0. The van der Waals surface area contributed by atoms with Crippen LogP contribution in [0.5, 0.6) is 0 Å². The third-order valence-electron chi connectivity index (χ3n) is 3.20. The molecule has 2 amide bonds. The van der Waals surface area contributed by atoms with Gasteiger partial charge in [0, 0.05) is 25.1 Å².